The number of benzene rings is 2. The van der Waals surface area contributed by atoms with Crippen molar-refractivity contribution >= 4 is 22.5 Å². The predicted molar refractivity (Wildman–Crippen MR) is 92.6 cm³/mol. The third kappa shape index (κ3) is 2.58. The highest BCUT2D eigenvalue weighted by molar-refractivity contribution is 5.97. The van der Waals surface area contributed by atoms with Crippen molar-refractivity contribution in [2.24, 2.45) is 0 Å². The largest absolute Gasteiger partial charge is 0.454 e. The number of aromatic nitrogens is 1. The fourth-order valence-electron chi connectivity index (χ4n) is 3.03. The number of H-pyrrole nitrogens is 1. The van der Waals surface area contributed by atoms with Gasteiger partial charge in [0.15, 0.2) is 11.5 Å². The number of likely N-dealkylation sites (N-methyl/N-ethyl adjacent to an activating group) is 1. The van der Waals surface area contributed by atoms with Gasteiger partial charge in [-0.05, 0) is 48.9 Å². The van der Waals surface area contributed by atoms with Crippen LogP contribution in [0.4, 0.5) is 5.69 Å². The zero-order valence-electron chi connectivity index (χ0n) is 13.4. The lowest BCUT2D eigenvalue weighted by atomic mass is 10.1. The Morgan fingerprint density at radius 3 is 2.88 bits per heavy atom. The molecule has 0 aliphatic carbocycles. The van der Waals surface area contributed by atoms with Crippen molar-refractivity contribution in [3.05, 3.63) is 54.2 Å². The highest BCUT2D eigenvalue weighted by atomic mass is 16.7. The Bertz CT molecular complexity index is 901. The molecule has 0 atom stereocenters. The van der Waals surface area contributed by atoms with Crippen molar-refractivity contribution in [2.75, 3.05) is 18.2 Å². The van der Waals surface area contributed by atoms with Crippen molar-refractivity contribution in [1.29, 1.82) is 0 Å². The van der Waals surface area contributed by atoms with Crippen LogP contribution in [0, 0.1) is 0 Å². The smallest absolute Gasteiger partial charge is 0.231 e. The van der Waals surface area contributed by atoms with Gasteiger partial charge in [0.2, 0.25) is 12.7 Å². The van der Waals surface area contributed by atoms with Crippen LogP contribution in [0.5, 0.6) is 11.5 Å². The number of ether oxygens (including phenoxy) is 2. The number of nitrogens with one attached hydrogen (secondary N) is 1. The second-order valence-electron chi connectivity index (χ2n) is 5.75. The zero-order valence-corrected chi connectivity index (χ0v) is 13.4. The molecule has 0 spiro atoms. The second-order valence-corrected chi connectivity index (χ2v) is 5.75. The lowest BCUT2D eigenvalue weighted by molar-refractivity contribution is -0.117. The van der Waals surface area contributed by atoms with Gasteiger partial charge in [0, 0.05) is 29.3 Å². The number of carbonyl (C=O) groups is 1. The van der Waals surface area contributed by atoms with Crippen molar-refractivity contribution in [2.45, 2.75) is 13.3 Å². The van der Waals surface area contributed by atoms with E-state index in [0.29, 0.717) is 18.7 Å². The van der Waals surface area contributed by atoms with E-state index in [9.17, 15) is 4.79 Å². The van der Waals surface area contributed by atoms with E-state index in [1.807, 2.05) is 55.6 Å². The molecule has 1 N–H and O–H groups in total. The fraction of sp³-hybridized carbons (Fsp3) is 0.211. The predicted octanol–water partition coefficient (Wildman–Crippen LogP) is 3.49. The van der Waals surface area contributed by atoms with Crippen molar-refractivity contribution < 1.29 is 14.3 Å². The molecular weight excluding hydrogens is 304 g/mol. The van der Waals surface area contributed by atoms with Crippen LogP contribution in [0.2, 0.25) is 0 Å². The molecule has 1 aromatic heterocycles. The first-order valence-electron chi connectivity index (χ1n) is 8.00. The van der Waals surface area contributed by atoms with Gasteiger partial charge in [-0.3, -0.25) is 4.79 Å². The summed E-state index contributed by atoms with van der Waals surface area (Å²) in [7, 11) is 0. The van der Waals surface area contributed by atoms with Gasteiger partial charge in [-0.25, -0.2) is 0 Å². The van der Waals surface area contributed by atoms with Gasteiger partial charge in [0.1, 0.15) is 0 Å². The van der Waals surface area contributed by atoms with E-state index in [0.717, 1.165) is 27.9 Å². The Morgan fingerprint density at radius 1 is 1.12 bits per heavy atom. The average Bonchev–Trinajstić information content (AvgIpc) is 3.23. The third-order valence-electron chi connectivity index (χ3n) is 4.26. The van der Waals surface area contributed by atoms with Gasteiger partial charge in [-0.2, -0.15) is 0 Å². The summed E-state index contributed by atoms with van der Waals surface area (Å²) in [6.07, 6.45) is 2.23. The molecule has 5 heteroatoms. The van der Waals surface area contributed by atoms with E-state index in [1.54, 1.807) is 4.90 Å². The van der Waals surface area contributed by atoms with Crippen LogP contribution in [0.1, 0.15) is 12.5 Å². The highest BCUT2D eigenvalue weighted by Crippen LogP contribution is 2.33. The maximum absolute atomic E-state index is 12.8. The summed E-state index contributed by atoms with van der Waals surface area (Å²) in [6, 6.07) is 13.7. The van der Waals surface area contributed by atoms with E-state index in [2.05, 4.69) is 4.98 Å². The Kier molecular flexibility index (Phi) is 3.61. The lowest BCUT2D eigenvalue weighted by Gasteiger charge is -2.21. The molecule has 24 heavy (non-hydrogen) atoms. The van der Waals surface area contributed by atoms with E-state index in [1.165, 1.54) is 0 Å². The number of carbonyl (C=O) groups excluding carboxylic acids is 1. The minimum absolute atomic E-state index is 0.0613. The van der Waals surface area contributed by atoms with Gasteiger partial charge in [0.25, 0.3) is 0 Å². The van der Waals surface area contributed by atoms with Gasteiger partial charge >= 0.3 is 0 Å². The molecule has 4 rings (SSSR count). The van der Waals surface area contributed by atoms with Crippen molar-refractivity contribution in [3.63, 3.8) is 0 Å². The number of amides is 1. The molecule has 0 saturated heterocycles. The number of fused-ring (bicyclic) bond motifs is 2. The lowest BCUT2D eigenvalue weighted by Crippen LogP contribution is -2.31. The molecule has 2 heterocycles. The number of hydrogen-bond donors (Lipinski definition) is 1. The average molecular weight is 322 g/mol. The molecular formula is C19H18N2O3. The molecule has 1 aliphatic heterocycles. The summed E-state index contributed by atoms with van der Waals surface area (Å²) in [5.74, 6) is 1.50. The first-order chi connectivity index (χ1) is 11.7. The molecule has 0 bridgehead atoms. The summed E-state index contributed by atoms with van der Waals surface area (Å²) < 4.78 is 10.7. The summed E-state index contributed by atoms with van der Waals surface area (Å²) in [5.41, 5.74) is 2.90. The van der Waals surface area contributed by atoms with Crippen LogP contribution in [0.25, 0.3) is 10.9 Å². The van der Waals surface area contributed by atoms with E-state index in [4.69, 9.17) is 9.47 Å². The van der Waals surface area contributed by atoms with E-state index in [-0.39, 0.29) is 12.7 Å². The molecule has 0 saturated carbocycles. The van der Waals surface area contributed by atoms with Crippen LogP contribution in [-0.4, -0.2) is 24.2 Å². The van der Waals surface area contributed by atoms with Crippen molar-refractivity contribution in [3.8, 4) is 11.5 Å². The quantitative estimate of drug-likeness (QED) is 0.800. The number of hydrogen-bond acceptors (Lipinski definition) is 3. The van der Waals surface area contributed by atoms with Gasteiger partial charge < -0.3 is 19.4 Å². The van der Waals surface area contributed by atoms with Crippen LogP contribution < -0.4 is 14.4 Å². The first kappa shape index (κ1) is 14.6. The normalized spacial score (nSPS) is 12.5. The van der Waals surface area contributed by atoms with Crippen LogP contribution in [0.15, 0.2) is 48.7 Å². The van der Waals surface area contributed by atoms with Gasteiger partial charge in [-0.1, -0.05) is 6.07 Å². The fourth-order valence-corrected chi connectivity index (χ4v) is 3.03. The molecule has 0 unspecified atom stereocenters. The number of nitrogens with zero attached hydrogens (tertiary/aromatic N) is 1. The first-order valence-corrected chi connectivity index (χ1v) is 8.00. The minimum Gasteiger partial charge on any atom is -0.454 e. The maximum Gasteiger partial charge on any atom is 0.231 e. The Hall–Kier alpha value is -2.95. The molecule has 122 valence electrons. The number of rotatable bonds is 4. The monoisotopic (exact) mass is 322 g/mol. The van der Waals surface area contributed by atoms with Gasteiger partial charge in [0.05, 0.1) is 6.42 Å². The minimum atomic E-state index is 0.0613. The summed E-state index contributed by atoms with van der Waals surface area (Å²) in [4.78, 5) is 17.7. The van der Waals surface area contributed by atoms with E-state index >= 15 is 0 Å². The Labute approximate surface area is 139 Å². The Balaban J connectivity index is 1.57. The van der Waals surface area contributed by atoms with Crippen LogP contribution >= 0.6 is 0 Å². The molecule has 0 radical (unpaired) electrons. The number of anilines is 1. The van der Waals surface area contributed by atoms with E-state index < -0.39 is 0 Å². The molecule has 5 nitrogen and oxygen atoms in total. The topological polar surface area (TPSA) is 54.6 Å². The highest BCUT2D eigenvalue weighted by Gasteiger charge is 2.18. The van der Waals surface area contributed by atoms with Crippen LogP contribution in [0.3, 0.4) is 0 Å². The second kappa shape index (κ2) is 5.92. The van der Waals surface area contributed by atoms with Crippen LogP contribution in [-0.2, 0) is 11.2 Å². The molecule has 2 aromatic carbocycles. The molecule has 1 amide bonds. The SMILES string of the molecule is CCN(C(=O)Cc1ccc2c(c1)OCO2)c1ccc2[nH]ccc2c1. The third-order valence-corrected chi connectivity index (χ3v) is 4.26. The van der Waals surface area contributed by atoms with Crippen molar-refractivity contribution in [1.82, 2.24) is 4.98 Å². The summed E-state index contributed by atoms with van der Waals surface area (Å²) >= 11 is 0. The Morgan fingerprint density at radius 2 is 2.00 bits per heavy atom. The molecule has 0 fully saturated rings. The molecule has 1 aliphatic rings. The zero-order chi connectivity index (χ0) is 16.5. The molecule has 3 aromatic rings. The summed E-state index contributed by atoms with van der Waals surface area (Å²) in [5, 5.41) is 1.10. The number of aromatic amines is 1. The summed E-state index contributed by atoms with van der Waals surface area (Å²) in [6.45, 7) is 2.85. The van der Waals surface area contributed by atoms with Gasteiger partial charge in [-0.15, -0.1) is 0 Å². The standard InChI is InChI=1S/C19H18N2O3/c1-2-21(15-4-5-16-14(11-15)7-8-20-16)19(22)10-13-3-6-17-18(9-13)24-12-23-17/h3-9,11,20H,2,10,12H2,1H3. The maximum atomic E-state index is 12.8.